The second kappa shape index (κ2) is 5.23. The summed E-state index contributed by atoms with van der Waals surface area (Å²) in [6.45, 7) is 1.87. The van der Waals surface area contributed by atoms with Crippen molar-refractivity contribution in [2.75, 3.05) is 18.7 Å². The van der Waals surface area contributed by atoms with E-state index in [1.807, 2.05) is 6.92 Å². The number of nitro groups is 1. The van der Waals surface area contributed by atoms with Crippen LogP contribution in [0.1, 0.15) is 13.3 Å². The van der Waals surface area contributed by atoms with Crippen molar-refractivity contribution >= 4 is 17.3 Å². The molecule has 19 heavy (non-hydrogen) atoms. The monoisotopic (exact) mass is 266 g/mol. The third-order valence-electron chi connectivity index (χ3n) is 2.88. The molecule has 1 aromatic rings. The molecule has 2 rings (SSSR count). The smallest absolute Gasteiger partial charge is 0.271 e. The number of amides is 1. The third-order valence-corrected chi connectivity index (χ3v) is 2.88. The van der Waals surface area contributed by atoms with Gasteiger partial charge in [-0.05, 0) is 12.5 Å². The molecule has 0 spiro atoms. The number of nitro benzene ring substituents is 1. The number of carbonyl (C=O) groups excluding carboxylic acids is 1. The number of fused-ring (bicyclic) bond motifs is 1. The summed E-state index contributed by atoms with van der Waals surface area (Å²) in [7, 11) is 1.46. The molecule has 1 atom stereocenters. The van der Waals surface area contributed by atoms with Gasteiger partial charge in [0.1, 0.15) is 12.5 Å². The quantitative estimate of drug-likeness (QED) is 0.612. The first kappa shape index (κ1) is 13.3. The minimum atomic E-state index is -0.580. The Bertz CT molecular complexity index is 517. The number of hydrogen-bond donors (Lipinski definition) is 0. The van der Waals surface area contributed by atoms with Gasteiger partial charge in [-0.3, -0.25) is 19.8 Å². The minimum Gasteiger partial charge on any atom is -0.478 e. The molecule has 0 bridgehead atoms. The van der Waals surface area contributed by atoms with Crippen LogP contribution in [0.4, 0.5) is 11.4 Å². The summed E-state index contributed by atoms with van der Waals surface area (Å²) in [5.41, 5.74) is 0.275. The van der Waals surface area contributed by atoms with Gasteiger partial charge in [0.05, 0.1) is 10.6 Å². The van der Waals surface area contributed by atoms with E-state index < -0.39 is 11.0 Å². The van der Waals surface area contributed by atoms with Gasteiger partial charge in [0, 0.05) is 19.2 Å². The fourth-order valence-electron chi connectivity index (χ4n) is 1.95. The van der Waals surface area contributed by atoms with Crippen molar-refractivity contribution in [1.82, 2.24) is 0 Å². The van der Waals surface area contributed by atoms with Crippen molar-refractivity contribution < 1.29 is 19.2 Å². The van der Waals surface area contributed by atoms with Crippen LogP contribution < -0.4 is 9.64 Å². The van der Waals surface area contributed by atoms with Crippen LogP contribution in [-0.4, -0.2) is 30.8 Å². The molecule has 102 valence electrons. The SMILES string of the molecule is CCC1Oc2ccc([N+](=O)[O-])cc2N(COC)C1=O. The standard InChI is InChI=1S/C12H14N2O5/c1-3-10-12(15)13(7-18-2)9-6-8(14(16)17)4-5-11(9)19-10/h4-6,10H,3,7H2,1-2H3. The highest BCUT2D eigenvalue weighted by molar-refractivity contribution is 6.00. The van der Waals surface area contributed by atoms with E-state index in [0.29, 0.717) is 17.9 Å². The Hall–Kier alpha value is -2.15. The first-order valence-electron chi connectivity index (χ1n) is 5.84. The summed E-state index contributed by atoms with van der Waals surface area (Å²) in [5.74, 6) is 0.200. The van der Waals surface area contributed by atoms with Gasteiger partial charge in [-0.15, -0.1) is 0 Å². The van der Waals surface area contributed by atoms with Crippen molar-refractivity contribution in [3.8, 4) is 5.75 Å². The fourth-order valence-corrected chi connectivity index (χ4v) is 1.95. The van der Waals surface area contributed by atoms with Crippen LogP contribution in [0, 0.1) is 10.1 Å². The fraction of sp³-hybridized carbons (Fsp3) is 0.417. The number of anilines is 1. The number of nitrogens with zero attached hydrogens (tertiary/aromatic N) is 2. The van der Waals surface area contributed by atoms with Crippen molar-refractivity contribution in [2.45, 2.75) is 19.4 Å². The molecule has 0 aliphatic carbocycles. The van der Waals surface area contributed by atoms with Crippen molar-refractivity contribution in [3.05, 3.63) is 28.3 Å². The van der Waals surface area contributed by atoms with Crippen LogP contribution >= 0.6 is 0 Å². The van der Waals surface area contributed by atoms with E-state index >= 15 is 0 Å². The van der Waals surface area contributed by atoms with E-state index in [2.05, 4.69) is 0 Å². The molecule has 7 nitrogen and oxygen atoms in total. The molecule has 1 aliphatic rings. The van der Waals surface area contributed by atoms with Crippen LogP contribution in [0.3, 0.4) is 0 Å². The zero-order valence-electron chi connectivity index (χ0n) is 10.7. The van der Waals surface area contributed by atoms with Gasteiger partial charge in [-0.2, -0.15) is 0 Å². The summed E-state index contributed by atoms with van der Waals surface area (Å²) >= 11 is 0. The van der Waals surface area contributed by atoms with Crippen LogP contribution in [0.25, 0.3) is 0 Å². The summed E-state index contributed by atoms with van der Waals surface area (Å²) in [4.78, 5) is 23.8. The van der Waals surface area contributed by atoms with E-state index in [4.69, 9.17) is 9.47 Å². The lowest BCUT2D eigenvalue weighted by Crippen LogP contribution is -2.46. The van der Waals surface area contributed by atoms with Crippen molar-refractivity contribution in [1.29, 1.82) is 0 Å². The Morgan fingerprint density at radius 1 is 1.53 bits per heavy atom. The Morgan fingerprint density at radius 2 is 2.26 bits per heavy atom. The largest absolute Gasteiger partial charge is 0.478 e. The van der Waals surface area contributed by atoms with Gasteiger partial charge < -0.3 is 9.47 Å². The predicted molar refractivity (Wildman–Crippen MR) is 67.2 cm³/mol. The van der Waals surface area contributed by atoms with Gasteiger partial charge in [0.25, 0.3) is 11.6 Å². The molecule has 1 aliphatic heterocycles. The second-order valence-electron chi connectivity index (χ2n) is 4.11. The maximum absolute atomic E-state index is 12.1. The Morgan fingerprint density at radius 3 is 2.84 bits per heavy atom. The predicted octanol–water partition coefficient (Wildman–Crippen LogP) is 1.70. The van der Waals surface area contributed by atoms with Gasteiger partial charge in [0.2, 0.25) is 0 Å². The molecule has 0 saturated carbocycles. The van der Waals surface area contributed by atoms with Gasteiger partial charge >= 0.3 is 0 Å². The number of rotatable bonds is 4. The van der Waals surface area contributed by atoms with Crippen molar-refractivity contribution in [3.63, 3.8) is 0 Å². The lowest BCUT2D eigenvalue weighted by molar-refractivity contribution is -0.384. The summed E-state index contributed by atoms with van der Waals surface area (Å²) in [5, 5.41) is 10.8. The van der Waals surface area contributed by atoms with E-state index in [0.717, 1.165) is 0 Å². The second-order valence-corrected chi connectivity index (χ2v) is 4.11. The van der Waals surface area contributed by atoms with E-state index in [1.54, 1.807) is 0 Å². The molecule has 0 saturated heterocycles. The molecule has 1 heterocycles. The molecule has 0 fully saturated rings. The van der Waals surface area contributed by atoms with E-state index in [1.165, 1.54) is 30.2 Å². The number of non-ortho nitro benzene ring substituents is 1. The van der Waals surface area contributed by atoms with Crippen LogP contribution in [0.5, 0.6) is 5.75 Å². The Kier molecular flexibility index (Phi) is 3.66. The van der Waals surface area contributed by atoms with Crippen molar-refractivity contribution in [2.24, 2.45) is 0 Å². The zero-order chi connectivity index (χ0) is 14.0. The topological polar surface area (TPSA) is 81.9 Å². The maximum atomic E-state index is 12.1. The number of carbonyl (C=O) groups is 1. The van der Waals surface area contributed by atoms with Crippen LogP contribution in [-0.2, 0) is 9.53 Å². The van der Waals surface area contributed by atoms with Crippen LogP contribution in [0.15, 0.2) is 18.2 Å². The molecule has 1 aromatic carbocycles. The highest BCUT2D eigenvalue weighted by Crippen LogP contribution is 2.37. The number of ether oxygens (including phenoxy) is 2. The molecule has 7 heteroatoms. The molecule has 1 unspecified atom stereocenters. The maximum Gasteiger partial charge on any atom is 0.271 e. The van der Waals surface area contributed by atoms with Gasteiger partial charge in [-0.25, -0.2) is 0 Å². The van der Waals surface area contributed by atoms with E-state index in [-0.39, 0.29) is 18.3 Å². The third kappa shape index (κ3) is 2.37. The molecule has 0 aromatic heterocycles. The Balaban J connectivity index is 2.47. The molecule has 0 radical (unpaired) electrons. The lowest BCUT2D eigenvalue weighted by Gasteiger charge is -2.33. The van der Waals surface area contributed by atoms with Gasteiger partial charge in [0.15, 0.2) is 6.10 Å². The zero-order valence-corrected chi connectivity index (χ0v) is 10.7. The minimum absolute atomic E-state index is 0.0346. The van der Waals surface area contributed by atoms with E-state index in [9.17, 15) is 14.9 Å². The number of hydrogen-bond acceptors (Lipinski definition) is 5. The number of benzene rings is 1. The normalized spacial score (nSPS) is 17.9. The first-order chi connectivity index (χ1) is 9.08. The first-order valence-corrected chi connectivity index (χ1v) is 5.84. The highest BCUT2D eigenvalue weighted by Gasteiger charge is 2.34. The van der Waals surface area contributed by atoms with Gasteiger partial charge in [-0.1, -0.05) is 6.92 Å². The molecular weight excluding hydrogens is 252 g/mol. The molecule has 0 N–H and O–H groups in total. The highest BCUT2D eigenvalue weighted by atomic mass is 16.6. The average Bonchev–Trinajstić information content (AvgIpc) is 2.41. The Labute approximate surface area is 109 Å². The number of methoxy groups -OCH3 is 1. The summed E-state index contributed by atoms with van der Waals surface area (Å²) in [6.07, 6.45) is -0.0562. The average molecular weight is 266 g/mol. The summed E-state index contributed by atoms with van der Waals surface area (Å²) in [6, 6.07) is 4.18. The molecular formula is C12H14N2O5. The lowest BCUT2D eigenvalue weighted by atomic mass is 10.1. The summed E-state index contributed by atoms with van der Waals surface area (Å²) < 4.78 is 10.5. The molecule has 1 amide bonds. The van der Waals surface area contributed by atoms with Crippen LogP contribution in [0.2, 0.25) is 0 Å².